The molecule has 4 aliphatic rings. The van der Waals surface area contributed by atoms with E-state index in [2.05, 4.69) is 0 Å². The predicted molar refractivity (Wildman–Crippen MR) is 91.7 cm³/mol. The molecule has 0 aliphatic heterocycles. The van der Waals surface area contributed by atoms with Gasteiger partial charge in [0.1, 0.15) is 11.4 Å². The maximum Gasteiger partial charge on any atom is 0.223 e. The van der Waals surface area contributed by atoms with E-state index in [1.807, 2.05) is 31.2 Å². The predicted octanol–water partition coefficient (Wildman–Crippen LogP) is 4.41. The molecule has 4 saturated carbocycles. The molecule has 0 aromatic heterocycles. The zero-order valence-electron chi connectivity index (χ0n) is 14.3. The zero-order chi connectivity index (χ0) is 16.0. The Balaban J connectivity index is 1.50. The van der Waals surface area contributed by atoms with Crippen molar-refractivity contribution in [1.82, 2.24) is 0 Å². The topological polar surface area (TPSA) is 29.5 Å². The van der Waals surface area contributed by atoms with Gasteiger partial charge in [-0.15, -0.1) is 0 Å². The molecule has 1 aromatic carbocycles. The molecule has 0 saturated heterocycles. The van der Waals surface area contributed by atoms with Crippen LogP contribution in [0.5, 0.6) is 5.75 Å². The molecule has 0 radical (unpaired) electrons. The number of hydrogen-bond donors (Lipinski definition) is 0. The van der Waals surface area contributed by atoms with Crippen molar-refractivity contribution in [2.75, 3.05) is 11.4 Å². The van der Waals surface area contributed by atoms with Crippen molar-refractivity contribution in [1.29, 1.82) is 0 Å². The SMILES string of the molecule is CCN(C(C)=O)c1ccc(OC23CC4CC(CC(C4)C2)C3)cc1. The van der Waals surface area contributed by atoms with E-state index >= 15 is 0 Å². The summed E-state index contributed by atoms with van der Waals surface area (Å²) in [6.07, 6.45) is 8.04. The Kier molecular flexibility index (Phi) is 3.62. The second-order valence-electron chi connectivity index (χ2n) is 7.96. The molecular weight excluding hydrogens is 286 g/mol. The van der Waals surface area contributed by atoms with Crippen molar-refractivity contribution < 1.29 is 9.53 Å². The number of carbonyl (C=O) groups is 1. The van der Waals surface area contributed by atoms with Gasteiger partial charge in [0.2, 0.25) is 5.91 Å². The molecule has 0 spiro atoms. The van der Waals surface area contributed by atoms with Crippen LogP contribution in [-0.2, 0) is 4.79 Å². The molecule has 5 rings (SSSR count). The van der Waals surface area contributed by atoms with Crippen molar-refractivity contribution in [3.8, 4) is 5.75 Å². The standard InChI is InChI=1S/C20H27NO2/c1-3-21(14(2)22)18-4-6-19(7-5-18)23-20-11-15-8-16(12-20)10-17(9-15)13-20/h4-7,15-17H,3,8-13H2,1-2H3. The van der Waals surface area contributed by atoms with Gasteiger partial charge in [-0.2, -0.15) is 0 Å². The first kappa shape index (κ1) is 15.0. The van der Waals surface area contributed by atoms with Gasteiger partial charge in [-0.05, 0) is 87.5 Å². The first-order valence-electron chi connectivity index (χ1n) is 9.14. The fourth-order valence-corrected chi connectivity index (χ4v) is 5.69. The summed E-state index contributed by atoms with van der Waals surface area (Å²) in [7, 11) is 0. The summed E-state index contributed by atoms with van der Waals surface area (Å²) in [6, 6.07) is 8.11. The molecule has 4 bridgehead atoms. The lowest BCUT2D eigenvalue weighted by Gasteiger charge is -2.56. The summed E-state index contributed by atoms with van der Waals surface area (Å²) in [5.41, 5.74) is 1.05. The third kappa shape index (κ3) is 2.75. The summed E-state index contributed by atoms with van der Waals surface area (Å²) in [5.74, 6) is 3.74. The molecule has 0 heterocycles. The van der Waals surface area contributed by atoms with Crippen LogP contribution in [0.25, 0.3) is 0 Å². The minimum absolute atomic E-state index is 0.0854. The van der Waals surface area contributed by atoms with Gasteiger partial charge in [0.05, 0.1) is 0 Å². The average Bonchev–Trinajstić information content (AvgIpc) is 2.47. The van der Waals surface area contributed by atoms with Crippen molar-refractivity contribution in [3.05, 3.63) is 24.3 Å². The van der Waals surface area contributed by atoms with Gasteiger partial charge in [0.15, 0.2) is 0 Å². The highest BCUT2D eigenvalue weighted by molar-refractivity contribution is 5.91. The van der Waals surface area contributed by atoms with Gasteiger partial charge in [-0.1, -0.05) is 0 Å². The van der Waals surface area contributed by atoms with Crippen LogP contribution in [0.4, 0.5) is 5.69 Å². The highest BCUT2D eigenvalue weighted by Gasteiger charge is 2.52. The fraction of sp³-hybridized carbons (Fsp3) is 0.650. The normalized spacial score (nSPS) is 34.4. The lowest BCUT2D eigenvalue weighted by molar-refractivity contribution is -0.116. The summed E-state index contributed by atoms with van der Waals surface area (Å²) in [6.45, 7) is 4.31. The quantitative estimate of drug-likeness (QED) is 0.824. The minimum Gasteiger partial charge on any atom is -0.487 e. The van der Waals surface area contributed by atoms with E-state index < -0.39 is 0 Å². The molecule has 3 heteroatoms. The number of nitrogens with zero attached hydrogens (tertiary/aromatic N) is 1. The Morgan fingerprint density at radius 1 is 1.09 bits per heavy atom. The van der Waals surface area contributed by atoms with Crippen LogP contribution < -0.4 is 9.64 Å². The molecule has 4 aliphatic carbocycles. The lowest BCUT2D eigenvalue weighted by Crippen LogP contribution is -2.53. The molecular formula is C20H27NO2. The number of benzene rings is 1. The van der Waals surface area contributed by atoms with E-state index in [0.29, 0.717) is 6.54 Å². The lowest BCUT2D eigenvalue weighted by atomic mass is 9.54. The van der Waals surface area contributed by atoms with Crippen LogP contribution in [0.2, 0.25) is 0 Å². The Hall–Kier alpha value is -1.51. The van der Waals surface area contributed by atoms with Crippen LogP contribution in [-0.4, -0.2) is 18.1 Å². The monoisotopic (exact) mass is 313 g/mol. The molecule has 23 heavy (non-hydrogen) atoms. The number of rotatable bonds is 4. The Bertz CT molecular complexity index is 557. The summed E-state index contributed by atoms with van der Waals surface area (Å²) in [4.78, 5) is 13.4. The van der Waals surface area contributed by atoms with Crippen LogP contribution in [0.3, 0.4) is 0 Å². The molecule has 1 aromatic rings. The number of carbonyl (C=O) groups excluding carboxylic acids is 1. The Morgan fingerprint density at radius 2 is 1.61 bits per heavy atom. The summed E-state index contributed by atoms with van der Waals surface area (Å²) >= 11 is 0. The second-order valence-corrected chi connectivity index (χ2v) is 7.96. The van der Waals surface area contributed by atoms with Crippen LogP contribution in [0.1, 0.15) is 52.4 Å². The fourth-order valence-electron chi connectivity index (χ4n) is 5.69. The van der Waals surface area contributed by atoms with E-state index in [0.717, 1.165) is 29.2 Å². The van der Waals surface area contributed by atoms with Gasteiger partial charge in [0, 0.05) is 19.2 Å². The zero-order valence-corrected chi connectivity index (χ0v) is 14.3. The average molecular weight is 313 g/mol. The van der Waals surface area contributed by atoms with Crippen molar-refractivity contribution in [2.24, 2.45) is 17.8 Å². The van der Waals surface area contributed by atoms with E-state index in [1.165, 1.54) is 38.5 Å². The number of ether oxygens (including phenoxy) is 1. The minimum atomic E-state index is 0.0854. The van der Waals surface area contributed by atoms with Crippen LogP contribution in [0, 0.1) is 17.8 Å². The van der Waals surface area contributed by atoms with Gasteiger partial charge in [-0.25, -0.2) is 0 Å². The van der Waals surface area contributed by atoms with E-state index in [-0.39, 0.29) is 11.5 Å². The maximum atomic E-state index is 11.7. The molecule has 0 N–H and O–H groups in total. The Labute approximate surface area is 139 Å². The molecule has 3 nitrogen and oxygen atoms in total. The highest BCUT2D eigenvalue weighted by Crippen LogP contribution is 2.57. The van der Waals surface area contributed by atoms with E-state index in [1.54, 1.807) is 11.8 Å². The van der Waals surface area contributed by atoms with E-state index in [9.17, 15) is 4.79 Å². The van der Waals surface area contributed by atoms with Crippen LogP contribution >= 0.6 is 0 Å². The van der Waals surface area contributed by atoms with Gasteiger partial charge in [-0.3, -0.25) is 4.79 Å². The third-order valence-corrected chi connectivity index (χ3v) is 6.16. The Morgan fingerprint density at radius 3 is 2.04 bits per heavy atom. The number of amides is 1. The third-order valence-electron chi connectivity index (χ3n) is 6.16. The smallest absolute Gasteiger partial charge is 0.223 e. The second kappa shape index (κ2) is 5.54. The number of hydrogen-bond acceptors (Lipinski definition) is 2. The van der Waals surface area contributed by atoms with Gasteiger partial charge < -0.3 is 9.64 Å². The van der Waals surface area contributed by atoms with Gasteiger partial charge in [0.25, 0.3) is 0 Å². The summed E-state index contributed by atoms with van der Waals surface area (Å²) < 4.78 is 6.54. The highest BCUT2D eigenvalue weighted by atomic mass is 16.5. The molecule has 0 atom stereocenters. The number of anilines is 1. The first-order chi connectivity index (χ1) is 11.1. The van der Waals surface area contributed by atoms with Crippen molar-refractivity contribution >= 4 is 11.6 Å². The molecule has 0 unspecified atom stereocenters. The van der Waals surface area contributed by atoms with E-state index in [4.69, 9.17) is 4.74 Å². The molecule has 4 fully saturated rings. The first-order valence-corrected chi connectivity index (χ1v) is 9.14. The van der Waals surface area contributed by atoms with Crippen LogP contribution in [0.15, 0.2) is 24.3 Å². The van der Waals surface area contributed by atoms with Crippen molar-refractivity contribution in [2.45, 2.75) is 58.0 Å². The van der Waals surface area contributed by atoms with Gasteiger partial charge >= 0.3 is 0 Å². The van der Waals surface area contributed by atoms with Crippen molar-refractivity contribution in [3.63, 3.8) is 0 Å². The largest absolute Gasteiger partial charge is 0.487 e. The summed E-state index contributed by atoms with van der Waals surface area (Å²) in [5, 5.41) is 0. The molecule has 1 amide bonds. The molecule has 124 valence electrons. The maximum absolute atomic E-state index is 11.7.